The number of nitrogens with zero attached hydrogens (tertiary/aromatic N) is 2. The molecule has 170 valence electrons. The summed E-state index contributed by atoms with van der Waals surface area (Å²) >= 11 is 12.6. The van der Waals surface area contributed by atoms with E-state index in [1.54, 1.807) is 18.2 Å². The highest BCUT2D eigenvalue weighted by molar-refractivity contribution is 9.10. The van der Waals surface area contributed by atoms with Crippen molar-refractivity contribution in [3.8, 4) is 11.3 Å². The van der Waals surface area contributed by atoms with Crippen LogP contribution in [0.1, 0.15) is 20.7 Å². The van der Waals surface area contributed by atoms with Gasteiger partial charge in [-0.05, 0) is 48.5 Å². The number of esters is 1. The first-order valence-electron chi connectivity index (χ1n) is 9.73. The van der Waals surface area contributed by atoms with Gasteiger partial charge in [-0.3, -0.25) is 14.9 Å². The quantitative estimate of drug-likeness (QED) is 0.101. The Kier molecular flexibility index (Phi) is 7.06. The van der Waals surface area contributed by atoms with E-state index in [-0.39, 0.29) is 16.1 Å². The molecule has 1 aromatic heterocycles. The van der Waals surface area contributed by atoms with Crippen molar-refractivity contribution in [2.45, 2.75) is 0 Å². The number of fused-ring (bicyclic) bond motifs is 1. The summed E-state index contributed by atoms with van der Waals surface area (Å²) in [5, 5.41) is 11.5. The number of hydrogen-bond donors (Lipinski definition) is 0. The number of benzene rings is 3. The number of nitro groups is 1. The zero-order chi connectivity index (χ0) is 24.4. The van der Waals surface area contributed by atoms with Crippen molar-refractivity contribution in [1.29, 1.82) is 0 Å². The van der Waals surface area contributed by atoms with Gasteiger partial charge in [-0.1, -0.05) is 55.6 Å². The second-order valence-corrected chi connectivity index (χ2v) is 9.38. The molecule has 10 heteroatoms. The molecule has 0 amide bonds. The minimum atomic E-state index is -0.722. The maximum atomic E-state index is 13.0. The van der Waals surface area contributed by atoms with Crippen LogP contribution >= 0.6 is 43.5 Å². The van der Waals surface area contributed by atoms with Crippen LogP contribution in [0.2, 0.25) is 5.02 Å². The third-order valence-electron chi connectivity index (χ3n) is 4.93. The second-order valence-electron chi connectivity index (χ2n) is 7.15. The van der Waals surface area contributed by atoms with Crippen LogP contribution in [0.5, 0.6) is 0 Å². The number of rotatable bonds is 6. The van der Waals surface area contributed by atoms with Crippen molar-refractivity contribution in [1.82, 2.24) is 4.98 Å². The van der Waals surface area contributed by atoms with Crippen molar-refractivity contribution < 1.29 is 19.2 Å². The van der Waals surface area contributed by atoms with E-state index in [2.05, 4.69) is 36.8 Å². The first-order chi connectivity index (χ1) is 16.2. The van der Waals surface area contributed by atoms with Crippen LogP contribution in [0.15, 0.2) is 75.7 Å². The van der Waals surface area contributed by atoms with Gasteiger partial charge in [0.05, 0.1) is 21.7 Å². The van der Waals surface area contributed by atoms with Gasteiger partial charge in [-0.25, -0.2) is 9.78 Å². The summed E-state index contributed by atoms with van der Waals surface area (Å²) in [5.41, 5.74) is 1.79. The molecule has 4 rings (SSSR count). The summed E-state index contributed by atoms with van der Waals surface area (Å²) in [6.45, 7) is -0.594. The largest absolute Gasteiger partial charge is 0.454 e. The summed E-state index contributed by atoms with van der Waals surface area (Å²) in [6, 6.07) is 18.1. The van der Waals surface area contributed by atoms with Gasteiger partial charge in [0.25, 0.3) is 5.69 Å². The number of Topliss-reactive ketones (excluding diaryl/α,β-unsaturated/α-hetero) is 1. The van der Waals surface area contributed by atoms with Gasteiger partial charge in [-0.2, -0.15) is 0 Å². The van der Waals surface area contributed by atoms with Gasteiger partial charge < -0.3 is 4.74 Å². The fourth-order valence-electron chi connectivity index (χ4n) is 3.25. The SMILES string of the molecule is O=C(COC(=O)c1cc(-c2ccc(Br)cc2)nc2ccc(Br)cc12)c1ccc(Cl)c([N+](=O)[O-])c1. The van der Waals surface area contributed by atoms with Crippen LogP contribution in [-0.4, -0.2) is 28.3 Å². The molecular weight excluding hydrogens is 592 g/mol. The molecule has 0 fully saturated rings. The fraction of sp³-hybridized carbons (Fsp3) is 0.0417. The van der Waals surface area contributed by atoms with Crippen LogP contribution in [0.25, 0.3) is 22.2 Å². The number of carbonyl (C=O) groups is 2. The standard InChI is InChI=1S/C24H13Br2ClN2O5/c25-15-4-1-13(2-5-15)21-11-18(17-10-16(26)6-8-20(17)28-21)24(31)34-12-23(30)14-3-7-19(27)22(9-14)29(32)33/h1-11H,12H2. The first-order valence-corrected chi connectivity index (χ1v) is 11.7. The van der Waals surface area contributed by atoms with E-state index in [0.29, 0.717) is 16.6 Å². The highest BCUT2D eigenvalue weighted by Crippen LogP contribution is 2.29. The van der Waals surface area contributed by atoms with E-state index in [0.717, 1.165) is 20.6 Å². The molecule has 0 aliphatic rings. The van der Waals surface area contributed by atoms with E-state index >= 15 is 0 Å². The Morgan fingerprint density at radius 2 is 1.68 bits per heavy atom. The van der Waals surface area contributed by atoms with Crippen molar-refractivity contribution in [2.75, 3.05) is 6.61 Å². The zero-order valence-corrected chi connectivity index (χ0v) is 21.1. The van der Waals surface area contributed by atoms with E-state index in [1.807, 2.05) is 30.3 Å². The van der Waals surface area contributed by atoms with Gasteiger partial charge in [0.2, 0.25) is 5.78 Å². The lowest BCUT2D eigenvalue weighted by molar-refractivity contribution is -0.384. The lowest BCUT2D eigenvalue weighted by Gasteiger charge is -2.11. The minimum Gasteiger partial charge on any atom is -0.454 e. The molecule has 3 aromatic carbocycles. The van der Waals surface area contributed by atoms with E-state index in [1.165, 1.54) is 12.1 Å². The maximum absolute atomic E-state index is 13.0. The van der Waals surface area contributed by atoms with E-state index in [4.69, 9.17) is 16.3 Å². The molecule has 0 unspecified atom stereocenters. The van der Waals surface area contributed by atoms with Gasteiger partial charge in [0.1, 0.15) is 5.02 Å². The van der Waals surface area contributed by atoms with Crippen LogP contribution in [0, 0.1) is 10.1 Å². The predicted molar refractivity (Wildman–Crippen MR) is 135 cm³/mol. The summed E-state index contributed by atoms with van der Waals surface area (Å²) in [4.78, 5) is 40.6. The number of pyridine rings is 1. The summed E-state index contributed by atoms with van der Waals surface area (Å²) in [5.74, 6) is -1.32. The molecule has 0 spiro atoms. The fourth-order valence-corrected chi connectivity index (χ4v) is 4.07. The average molecular weight is 605 g/mol. The molecule has 0 saturated carbocycles. The Bertz CT molecular complexity index is 1460. The van der Waals surface area contributed by atoms with E-state index in [9.17, 15) is 19.7 Å². The van der Waals surface area contributed by atoms with Crippen molar-refractivity contribution >= 4 is 71.8 Å². The van der Waals surface area contributed by atoms with Crippen molar-refractivity contribution in [2.24, 2.45) is 0 Å². The Morgan fingerprint density at radius 1 is 0.971 bits per heavy atom. The van der Waals surface area contributed by atoms with Crippen molar-refractivity contribution in [3.63, 3.8) is 0 Å². The third kappa shape index (κ3) is 5.16. The molecule has 0 saturated heterocycles. The minimum absolute atomic E-state index is 0.0155. The molecule has 0 atom stereocenters. The lowest BCUT2D eigenvalue weighted by Crippen LogP contribution is -2.15. The predicted octanol–water partition coefficient (Wildman–Crippen LogP) is 7.03. The number of nitro benzene ring substituents is 1. The van der Waals surface area contributed by atoms with Gasteiger partial charge >= 0.3 is 5.97 Å². The highest BCUT2D eigenvalue weighted by Gasteiger charge is 2.20. The smallest absolute Gasteiger partial charge is 0.339 e. The Hall–Kier alpha value is -3.14. The number of halogens is 3. The van der Waals surface area contributed by atoms with Crippen LogP contribution in [-0.2, 0) is 4.74 Å². The number of hydrogen-bond acceptors (Lipinski definition) is 6. The highest BCUT2D eigenvalue weighted by atomic mass is 79.9. The van der Waals surface area contributed by atoms with Gasteiger partial charge in [0, 0.05) is 31.5 Å². The Labute approximate surface area is 215 Å². The molecule has 0 bridgehead atoms. The molecule has 4 aromatic rings. The Balaban J connectivity index is 1.64. The van der Waals surface area contributed by atoms with Crippen LogP contribution in [0.4, 0.5) is 5.69 Å². The first kappa shape index (κ1) is 24.0. The summed E-state index contributed by atoms with van der Waals surface area (Å²) < 4.78 is 6.94. The summed E-state index contributed by atoms with van der Waals surface area (Å²) in [6.07, 6.45) is 0. The number of ketones is 1. The molecule has 34 heavy (non-hydrogen) atoms. The normalized spacial score (nSPS) is 10.8. The molecule has 0 radical (unpaired) electrons. The second kappa shape index (κ2) is 10.0. The number of ether oxygens (including phenoxy) is 1. The third-order valence-corrected chi connectivity index (χ3v) is 6.27. The van der Waals surface area contributed by atoms with E-state index < -0.39 is 29.0 Å². The zero-order valence-electron chi connectivity index (χ0n) is 17.1. The maximum Gasteiger partial charge on any atom is 0.339 e. The molecule has 0 aliphatic carbocycles. The number of aromatic nitrogens is 1. The molecule has 0 aliphatic heterocycles. The van der Waals surface area contributed by atoms with Crippen molar-refractivity contribution in [3.05, 3.63) is 102 Å². The summed E-state index contributed by atoms with van der Waals surface area (Å²) in [7, 11) is 0. The van der Waals surface area contributed by atoms with Crippen LogP contribution in [0.3, 0.4) is 0 Å². The van der Waals surface area contributed by atoms with Crippen LogP contribution < -0.4 is 0 Å². The molecule has 7 nitrogen and oxygen atoms in total. The molecule has 0 N–H and O–H groups in total. The monoisotopic (exact) mass is 602 g/mol. The average Bonchev–Trinajstić information content (AvgIpc) is 2.82. The lowest BCUT2D eigenvalue weighted by atomic mass is 10.0. The van der Waals surface area contributed by atoms with Gasteiger partial charge in [0.15, 0.2) is 6.61 Å². The van der Waals surface area contributed by atoms with Gasteiger partial charge in [-0.15, -0.1) is 0 Å². The number of carbonyl (C=O) groups excluding carboxylic acids is 2. The Morgan fingerprint density at radius 3 is 2.38 bits per heavy atom. The topological polar surface area (TPSA) is 99.4 Å². The molecule has 1 heterocycles. The molecular formula is C24H13Br2ClN2O5.